The van der Waals surface area contributed by atoms with Crippen LogP contribution in [0.4, 0.5) is 0 Å². The number of aromatic nitrogens is 1. The maximum absolute atomic E-state index is 3.94. The summed E-state index contributed by atoms with van der Waals surface area (Å²) in [5.41, 5.74) is 5.99. The molecule has 0 saturated heterocycles. The van der Waals surface area contributed by atoms with Gasteiger partial charge in [0.15, 0.2) is 6.20 Å². The molecule has 0 saturated carbocycles. The molecule has 0 spiro atoms. The first kappa shape index (κ1) is 13.3. The van der Waals surface area contributed by atoms with E-state index in [1.165, 1.54) is 22.4 Å². The molecule has 0 aliphatic rings. The first-order valence-corrected chi connectivity index (χ1v) is 7.06. The summed E-state index contributed by atoms with van der Waals surface area (Å²) >= 11 is 0. The highest BCUT2D eigenvalue weighted by atomic mass is 14.9. The van der Waals surface area contributed by atoms with Crippen molar-refractivity contribution in [3.05, 3.63) is 85.1 Å². The molecule has 1 heterocycles. The van der Waals surface area contributed by atoms with Gasteiger partial charge in [-0.15, -0.1) is 0 Å². The highest BCUT2D eigenvalue weighted by molar-refractivity contribution is 5.77. The van der Waals surface area contributed by atoms with Crippen LogP contribution in [-0.4, -0.2) is 0 Å². The van der Waals surface area contributed by atoms with Crippen LogP contribution in [0.15, 0.2) is 79.5 Å². The van der Waals surface area contributed by atoms with Gasteiger partial charge in [0.2, 0.25) is 5.69 Å². The number of rotatable bonds is 3. The van der Waals surface area contributed by atoms with Crippen LogP contribution in [-0.2, 0) is 7.05 Å². The predicted molar refractivity (Wildman–Crippen MR) is 88.6 cm³/mol. The van der Waals surface area contributed by atoms with Gasteiger partial charge in [-0.3, -0.25) is 0 Å². The van der Waals surface area contributed by atoms with Gasteiger partial charge < -0.3 is 0 Å². The Morgan fingerprint density at radius 1 is 0.857 bits per heavy atom. The van der Waals surface area contributed by atoms with Crippen LogP contribution in [0.1, 0.15) is 5.56 Å². The molecule has 0 unspecified atom stereocenters. The van der Waals surface area contributed by atoms with Crippen LogP contribution < -0.4 is 4.57 Å². The van der Waals surface area contributed by atoms with E-state index in [1.54, 1.807) is 0 Å². The molecule has 3 aromatic rings. The van der Waals surface area contributed by atoms with Gasteiger partial charge in [0.25, 0.3) is 0 Å². The molecular weight excluding hydrogens is 254 g/mol. The van der Waals surface area contributed by atoms with Crippen molar-refractivity contribution in [2.75, 3.05) is 0 Å². The molecule has 102 valence electrons. The third kappa shape index (κ3) is 2.63. The Hall–Kier alpha value is -2.67. The monoisotopic (exact) mass is 272 g/mol. The largest absolute Gasteiger partial charge is 0.212 e. The van der Waals surface area contributed by atoms with Crippen LogP contribution in [0.3, 0.4) is 0 Å². The lowest BCUT2D eigenvalue weighted by atomic mass is 9.97. The van der Waals surface area contributed by atoms with Gasteiger partial charge in [0.1, 0.15) is 7.05 Å². The third-order valence-corrected chi connectivity index (χ3v) is 3.71. The normalized spacial score (nSPS) is 10.3. The molecule has 1 heteroatoms. The van der Waals surface area contributed by atoms with Gasteiger partial charge in [-0.1, -0.05) is 55.1 Å². The van der Waals surface area contributed by atoms with Crippen molar-refractivity contribution in [3.8, 4) is 22.4 Å². The quantitative estimate of drug-likeness (QED) is 0.619. The zero-order chi connectivity index (χ0) is 14.7. The topological polar surface area (TPSA) is 3.88 Å². The molecule has 21 heavy (non-hydrogen) atoms. The molecule has 0 fully saturated rings. The van der Waals surface area contributed by atoms with Crippen molar-refractivity contribution >= 4 is 6.08 Å². The van der Waals surface area contributed by atoms with Crippen molar-refractivity contribution in [3.63, 3.8) is 0 Å². The summed E-state index contributed by atoms with van der Waals surface area (Å²) in [7, 11) is 2.07. The third-order valence-electron chi connectivity index (χ3n) is 3.71. The molecule has 2 aromatic carbocycles. The molecule has 0 aliphatic heterocycles. The number of pyridine rings is 1. The smallest absolute Gasteiger partial charge is 0.201 e. The summed E-state index contributed by atoms with van der Waals surface area (Å²) in [5.74, 6) is 0. The Morgan fingerprint density at radius 2 is 1.62 bits per heavy atom. The van der Waals surface area contributed by atoms with Crippen molar-refractivity contribution in [2.45, 2.75) is 0 Å². The van der Waals surface area contributed by atoms with Gasteiger partial charge in [0.05, 0.1) is 5.56 Å². The zero-order valence-electron chi connectivity index (χ0n) is 12.2. The Balaban J connectivity index is 2.19. The summed E-state index contributed by atoms with van der Waals surface area (Å²) in [4.78, 5) is 0. The van der Waals surface area contributed by atoms with E-state index in [4.69, 9.17) is 0 Å². The Kier molecular flexibility index (Phi) is 3.65. The minimum atomic E-state index is 1.15. The minimum Gasteiger partial charge on any atom is -0.201 e. The van der Waals surface area contributed by atoms with Crippen molar-refractivity contribution in [1.29, 1.82) is 0 Å². The van der Waals surface area contributed by atoms with Crippen LogP contribution in [0.5, 0.6) is 0 Å². The summed E-state index contributed by atoms with van der Waals surface area (Å²) in [6, 6.07) is 23.2. The Morgan fingerprint density at radius 3 is 2.33 bits per heavy atom. The molecule has 1 nitrogen and oxygen atoms in total. The van der Waals surface area contributed by atoms with Crippen molar-refractivity contribution in [2.24, 2.45) is 7.05 Å². The highest BCUT2D eigenvalue weighted by Gasteiger charge is 2.13. The summed E-state index contributed by atoms with van der Waals surface area (Å²) in [5, 5.41) is 0. The number of aryl methyl sites for hydroxylation is 1. The van der Waals surface area contributed by atoms with Gasteiger partial charge in [-0.2, -0.15) is 0 Å². The Labute approximate surface area is 125 Å². The first-order valence-electron chi connectivity index (χ1n) is 7.06. The average molecular weight is 272 g/mol. The highest BCUT2D eigenvalue weighted by Crippen LogP contribution is 2.28. The fraction of sp³-hybridized carbons (Fsp3) is 0.0500. The second-order valence-electron chi connectivity index (χ2n) is 5.07. The molecule has 0 aliphatic carbocycles. The van der Waals surface area contributed by atoms with E-state index < -0.39 is 0 Å². The van der Waals surface area contributed by atoms with Gasteiger partial charge in [0, 0.05) is 12.1 Å². The maximum Gasteiger partial charge on any atom is 0.212 e. The van der Waals surface area contributed by atoms with E-state index in [-0.39, 0.29) is 0 Å². The van der Waals surface area contributed by atoms with Crippen molar-refractivity contribution < 1.29 is 4.57 Å². The molecule has 1 aromatic heterocycles. The maximum atomic E-state index is 3.94. The van der Waals surface area contributed by atoms with Crippen LogP contribution >= 0.6 is 0 Å². The van der Waals surface area contributed by atoms with E-state index >= 15 is 0 Å². The standard InChI is InChI=1S/C20H18N/c1-3-16-12-13-18(17-9-5-4-6-10-17)15-19(16)20-11-7-8-14-21(20)2/h3-15H,1H2,2H3/q+1. The zero-order valence-corrected chi connectivity index (χ0v) is 12.2. The van der Waals surface area contributed by atoms with Gasteiger partial charge >= 0.3 is 0 Å². The number of benzene rings is 2. The summed E-state index contributed by atoms with van der Waals surface area (Å²) in [6.07, 6.45) is 3.98. The van der Waals surface area contributed by atoms with E-state index in [2.05, 4.69) is 79.0 Å². The summed E-state index contributed by atoms with van der Waals surface area (Å²) < 4.78 is 2.14. The van der Waals surface area contributed by atoms with Gasteiger partial charge in [-0.05, 0) is 28.8 Å². The SMILES string of the molecule is C=Cc1ccc(-c2ccccc2)cc1-c1cccc[n+]1C. The van der Waals surface area contributed by atoms with Crippen LogP contribution in [0.25, 0.3) is 28.5 Å². The molecule has 0 atom stereocenters. The second kappa shape index (κ2) is 5.76. The van der Waals surface area contributed by atoms with Crippen molar-refractivity contribution in [1.82, 2.24) is 0 Å². The molecule has 3 rings (SSSR count). The lowest BCUT2D eigenvalue weighted by Crippen LogP contribution is -2.30. The first-order chi connectivity index (χ1) is 10.3. The van der Waals surface area contributed by atoms with E-state index in [9.17, 15) is 0 Å². The molecule has 0 bridgehead atoms. The van der Waals surface area contributed by atoms with E-state index in [0.29, 0.717) is 0 Å². The lowest BCUT2D eigenvalue weighted by molar-refractivity contribution is -0.660. The Bertz CT molecular complexity index is 773. The number of hydrogen-bond donors (Lipinski definition) is 0. The fourth-order valence-electron chi connectivity index (χ4n) is 2.57. The number of nitrogens with zero attached hydrogens (tertiary/aromatic N) is 1. The lowest BCUT2D eigenvalue weighted by Gasteiger charge is -2.08. The number of hydrogen-bond acceptors (Lipinski definition) is 0. The van der Waals surface area contributed by atoms with Crippen LogP contribution in [0, 0.1) is 0 Å². The average Bonchev–Trinajstić information content (AvgIpc) is 2.55. The van der Waals surface area contributed by atoms with E-state index in [1.807, 2.05) is 18.2 Å². The minimum absolute atomic E-state index is 1.15. The van der Waals surface area contributed by atoms with Gasteiger partial charge in [-0.25, -0.2) is 4.57 Å². The molecule has 0 amide bonds. The summed E-state index contributed by atoms with van der Waals surface area (Å²) in [6.45, 7) is 3.94. The second-order valence-corrected chi connectivity index (χ2v) is 5.07. The predicted octanol–water partition coefficient (Wildman–Crippen LogP) is 4.49. The fourth-order valence-corrected chi connectivity index (χ4v) is 2.57. The molecule has 0 radical (unpaired) electrons. The molecular formula is C20H18N+. The van der Waals surface area contributed by atoms with E-state index in [0.717, 1.165) is 5.56 Å². The van der Waals surface area contributed by atoms with Crippen LogP contribution in [0.2, 0.25) is 0 Å². The molecule has 0 N–H and O–H groups in total.